The van der Waals surface area contributed by atoms with Crippen LogP contribution in [0, 0.1) is 19.8 Å². The van der Waals surface area contributed by atoms with Crippen LogP contribution in [0.15, 0.2) is 30.3 Å². The average molecular weight is 340 g/mol. The van der Waals surface area contributed by atoms with E-state index in [1.165, 1.54) is 0 Å². The molecule has 1 saturated heterocycles. The number of rotatable bonds is 5. The lowest BCUT2D eigenvalue weighted by Gasteiger charge is -2.33. The number of nitrogens with zero attached hydrogens (tertiary/aromatic N) is 3. The van der Waals surface area contributed by atoms with E-state index in [4.69, 9.17) is 9.72 Å². The van der Waals surface area contributed by atoms with Crippen LogP contribution in [0.1, 0.15) is 37.0 Å². The second-order valence-corrected chi connectivity index (χ2v) is 7.22. The molecular weight excluding hydrogens is 312 g/mol. The fourth-order valence-electron chi connectivity index (χ4n) is 3.26. The van der Waals surface area contributed by atoms with Crippen LogP contribution in [-0.4, -0.2) is 41.1 Å². The van der Waals surface area contributed by atoms with Gasteiger partial charge < -0.3 is 10.1 Å². The second kappa shape index (κ2) is 7.93. The molecule has 0 aromatic carbocycles. The summed E-state index contributed by atoms with van der Waals surface area (Å²) in [5.74, 6) is 1.51. The first-order chi connectivity index (χ1) is 12.0. The minimum atomic E-state index is 0.0263. The summed E-state index contributed by atoms with van der Waals surface area (Å²) in [5, 5.41) is 3.39. The van der Waals surface area contributed by atoms with Crippen molar-refractivity contribution in [1.82, 2.24) is 14.9 Å². The van der Waals surface area contributed by atoms with Gasteiger partial charge in [-0.1, -0.05) is 19.9 Å². The van der Waals surface area contributed by atoms with Crippen molar-refractivity contribution in [3.05, 3.63) is 47.4 Å². The highest BCUT2D eigenvalue weighted by atomic mass is 16.5. The largest absolute Gasteiger partial charge is 0.369 e. The van der Waals surface area contributed by atoms with Crippen LogP contribution in [0.2, 0.25) is 0 Å². The SMILES string of the molecule is Cc1cccc(Nc2cc(C)nc([C@@H]3CN(CC(C)C)CCO3)c2)n1. The Labute approximate surface area is 150 Å². The van der Waals surface area contributed by atoms with E-state index in [0.29, 0.717) is 5.92 Å². The third kappa shape index (κ3) is 5.00. The van der Waals surface area contributed by atoms with Gasteiger partial charge in [0.1, 0.15) is 11.9 Å². The Bertz CT molecular complexity index is 717. The number of aromatic nitrogens is 2. The number of hydrogen-bond acceptors (Lipinski definition) is 5. The summed E-state index contributed by atoms with van der Waals surface area (Å²) in [6.07, 6.45) is 0.0263. The number of ether oxygens (including phenoxy) is 1. The molecule has 0 radical (unpaired) electrons. The van der Waals surface area contributed by atoms with E-state index < -0.39 is 0 Å². The normalized spacial score (nSPS) is 18.5. The van der Waals surface area contributed by atoms with Gasteiger partial charge in [0.15, 0.2) is 0 Å². The molecule has 0 unspecified atom stereocenters. The van der Waals surface area contributed by atoms with Crippen molar-refractivity contribution in [1.29, 1.82) is 0 Å². The van der Waals surface area contributed by atoms with Gasteiger partial charge in [-0.25, -0.2) is 4.98 Å². The number of pyridine rings is 2. The Balaban J connectivity index is 1.77. The maximum Gasteiger partial charge on any atom is 0.130 e. The van der Waals surface area contributed by atoms with E-state index in [0.717, 1.165) is 54.8 Å². The monoisotopic (exact) mass is 340 g/mol. The minimum Gasteiger partial charge on any atom is -0.369 e. The molecule has 1 N–H and O–H groups in total. The van der Waals surface area contributed by atoms with Crippen LogP contribution in [-0.2, 0) is 4.74 Å². The lowest BCUT2D eigenvalue weighted by molar-refractivity contribution is -0.0352. The molecule has 0 amide bonds. The molecule has 0 bridgehead atoms. The molecule has 0 spiro atoms. The predicted octanol–water partition coefficient (Wildman–Crippen LogP) is 3.87. The molecular formula is C20H28N4O. The highest BCUT2D eigenvalue weighted by Crippen LogP contribution is 2.25. The quantitative estimate of drug-likeness (QED) is 0.895. The van der Waals surface area contributed by atoms with Crippen LogP contribution in [0.25, 0.3) is 0 Å². The van der Waals surface area contributed by atoms with E-state index in [1.54, 1.807) is 0 Å². The Morgan fingerprint density at radius 3 is 2.80 bits per heavy atom. The summed E-state index contributed by atoms with van der Waals surface area (Å²) < 4.78 is 6.01. The van der Waals surface area contributed by atoms with Crippen LogP contribution in [0.5, 0.6) is 0 Å². The van der Waals surface area contributed by atoms with Crippen molar-refractivity contribution >= 4 is 11.5 Å². The molecule has 2 aromatic heterocycles. The molecule has 5 nitrogen and oxygen atoms in total. The summed E-state index contributed by atoms with van der Waals surface area (Å²) in [6, 6.07) is 10.1. The lowest BCUT2D eigenvalue weighted by Crippen LogP contribution is -2.40. The second-order valence-electron chi connectivity index (χ2n) is 7.22. The Kier molecular flexibility index (Phi) is 5.66. The minimum absolute atomic E-state index is 0.0263. The van der Waals surface area contributed by atoms with Crippen LogP contribution in [0.4, 0.5) is 11.5 Å². The number of aryl methyl sites for hydroxylation is 2. The van der Waals surface area contributed by atoms with E-state index in [9.17, 15) is 0 Å². The zero-order valence-electron chi connectivity index (χ0n) is 15.6. The van der Waals surface area contributed by atoms with Crippen LogP contribution < -0.4 is 5.32 Å². The van der Waals surface area contributed by atoms with Crippen molar-refractivity contribution < 1.29 is 4.74 Å². The first-order valence-corrected chi connectivity index (χ1v) is 9.03. The molecule has 5 heteroatoms. The van der Waals surface area contributed by atoms with Gasteiger partial charge in [0.25, 0.3) is 0 Å². The van der Waals surface area contributed by atoms with Gasteiger partial charge in [-0.05, 0) is 44.0 Å². The maximum atomic E-state index is 6.01. The third-order valence-electron chi connectivity index (χ3n) is 4.24. The highest BCUT2D eigenvalue weighted by Gasteiger charge is 2.24. The van der Waals surface area contributed by atoms with Gasteiger partial charge in [-0.3, -0.25) is 9.88 Å². The van der Waals surface area contributed by atoms with Crippen molar-refractivity contribution in [3.8, 4) is 0 Å². The summed E-state index contributed by atoms with van der Waals surface area (Å²) >= 11 is 0. The van der Waals surface area contributed by atoms with Crippen molar-refractivity contribution in [2.75, 3.05) is 31.6 Å². The van der Waals surface area contributed by atoms with E-state index in [-0.39, 0.29) is 6.10 Å². The van der Waals surface area contributed by atoms with E-state index >= 15 is 0 Å². The Morgan fingerprint density at radius 1 is 1.20 bits per heavy atom. The third-order valence-corrected chi connectivity index (χ3v) is 4.24. The first-order valence-electron chi connectivity index (χ1n) is 9.03. The molecule has 25 heavy (non-hydrogen) atoms. The number of anilines is 2. The van der Waals surface area contributed by atoms with Gasteiger partial charge in [0, 0.05) is 36.7 Å². The van der Waals surface area contributed by atoms with Crippen LogP contribution in [0.3, 0.4) is 0 Å². The predicted molar refractivity (Wildman–Crippen MR) is 101 cm³/mol. The zero-order valence-corrected chi connectivity index (χ0v) is 15.6. The molecule has 0 saturated carbocycles. The van der Waals surface area contributed by atoms with E-state index in [2.05, 4.69) is 35.1 Å². The molecule has 1 aliphatic rings. The summed E-state index contributed by atoms with van der Waals surface area (Å²) in [7, 11) is 0. The van der Waals surface area contributed by atoms with Gasteiger partial charge in [-0.15, -0.1) is 0 Å². The molecule has 1 aliphatic heterocycles. The molecule has 1 atom stereocenters. The number of hydrogen-bond donors (Lipinski definition) is 1. The number of morpholine rings is 1. The molecule has 1 fully saturated rings. The number of nitrogens with one attached hydrogen (secondary N) is 1. The standard InChI is InChI=1S/C20H28N4O/c1-14(2)12-24-8-9-25-19(13-24)18-11-17(10-16(4)21-18)23-20-7-5-6-15(3)22-20/h5-7,10-11,14,19H,8-9,12-13H2,1-4H3,(H,21,22,23)/t19-/m0/s1. The maximum absolute atomic E-state index is 6.01. The Hall–Kier alpha value is -1.98. The molecule has 2 aromatic rings. The first kappa shape index (κ1) is 17.8. The van der Waals surface area contributed by atoms with Gasteiger partial charge in [0.05, 0.1) is 12.3 Å². The zero-order chi connectivity index (χ0) is 17.8. The van der Waals surface area contributed by atoms with Crippen molar-refractivity contribution in [2.24, 2.45) is 5.92 Å². The summed E-state index contributed by atoms with van der Waals surface area (Å²) in [5.41, 5.74) is 3.97. The van der Waals surface area contributed by atoms with Crippen molar-refractivity contribution in [3.63, 3.8) is 0 Å². The molecule has 0 aliphatic carbocycles. The molecule has 3 heterocycles. The topological polar surface area (TPSA) is 50.3 Å². The van der Waals surface area contributed by atoms with Gasteiger partial charge >= 0.3 is 0 Å². The smallest absolute Gasteiger partial charge is 0.130 e. The fourth-order valence-corrected chi connectivity index (χ4v) is 3.26. The summed E-state index contributed by atoms with van der Waals surface area (Å²) in [6.45, 7) is 12.3. The lowest BCUT2D eigenvalue weighted by atomic mass is 10.1. The molecule has 3 rings (SSSR count). The van der Waals surface area contributed by atoms with Crippen LogP contribution >= 0.6 is 0 Å². The highest BCUT2D eigenvalue weighted by molar-refractivity contribution is 5.57. The average Bonchev–Trinajstić information content (AvgIpc) is 2.54. The van der Waals surface area contributed by atoms with Gasteiger partial charge in [-0.2, -0.15) is 0 Å². The van der Waals surface area contributed by atoms with Crippen molar-refractivity contribution in [2.45, 2.75) is 33.8 Å². The summed E-state index contributed by atoms with van der Waals surface area (Å²) in [4.78, 5) is 11.7. The molecule has 134 valence electrons. The van der Waals surface area contributed by atoms with E-state index in [1.807, 2.05) is 38.1 Å². The van der Waals surface area contributed by atoms with Gasteiger partial charge in [0.2, 0.25) is 0 Å². The fraction of sp³-hybridized carbons (Fsp3) is 0.500. The Morgan fingerprint density at radius 2 is 2.04 bits per heavy atom.